The predicted molar refractivity (Wildman–Crippen MR) is 82.3 cm³/mol. The molecule has 1 aliphatic carbocycles. The van der Waals surface area contributed by atoms with Gasteiger partial charge < -0.3 is 10.1 Å². The summed E-state index contributed by atoms with van der Waals surface area (Å²) < 4.78 is 40.6. The van der Waals surface area contributed by atoms with Crippen LogP contribution in [-0.4, -0.2) is 11.9 Å². The van der Waals surface area contributed by atoms with Crippen molar-refractivity contribution < 1.29 is 17.9 Å². The van der Waals surface area contributed by atoms with Crippen LogP contribution in [0.1, 0.15) is 33.1 Å². The molecule has 1 aromatic rings. The lowest BCUT2D eigenvalue weighted by Gasteiger charge is -2.39. The van der Waals surface area contributed by atoms with Crippen molar-refractivity contribution in [2.45, 2.75) is 45.0 Å². The summed E-state index contributed by atoms with van der Waals surface area (Å²) in [5.74, 6) is 0.338. The number of anilines is 1. The Morgan fingerprint density at radius 2 is 1.91 bits per heavy atom. The molecule has 0 spiro atoms. The van der Waals surface area contributed by atoms with Gasteiger partial charge in [0.05, 0.1) is 11.1 Å². The van der Waals surface area contributed by atoms with Gasteiger partial charge in [-0.2, -0.15) is 5.26 Å². The van der Waals surface area contributed by atoms with E-state index in [1.54, 1.807) is 0 Å². The van der Waals surface area contributed by atoms with E-state index in [0.29, 0.717) is 30.4 Å². The zero-order chi connectivity index (χ0) is 17.3. The van der Waals surface area contributed by atoms with Crippen LogP contribution in [0.5, 0.6) is 5.75 Å². The van der Waals surface area contributed by atoms with E-state index in [4.69, 9.17) is 11.6 Å². The fourth-order valence-electron chi connectivity index (χ4n) is 3.41. The Kier molecular flexibility index (Phi) is 5.00. The van der Waals surface area contributed by atoms with Crippen molar-refractivity contribution in [2.75, 3.05) is 5.32 Å². The van der Waals surface area contributed by atoms with Crippen molar-refractivity contribution in [3.63, 3.8) is 0 Å². The molecule has 0 heterocycles. The Labute approximate surface area is 138 Å². The van der Waals surface area contributed by atoms with Crippen LogP contribution in [0.4, 0.5) is 18.9 Å². The van der Waals surface area contributed by atoms with Crippen LogP contribution in [0.3, 0.4) is 0 Å². The fraction of sp³-hybridized carbons (Fsp3) is 0.562. The highest BCUT2D eigenvalue weighted by Crippen LogP contribution is 2.39. The summed E-state index contributed by atoms with van der Waals surface area (Å²) >= 11 is 5.85. The molecular formula is C16H18ClF3N2O. The van der Waals surface area contributed by atoms with Gasteiger partial charge in [0, 0.05) is 5.69 Å². The summed E-state index contributed by atoms with van der Waals surface area (Å²) in [5, 5.41) is 12.6. The second kappa shape index (κ2) is 6.48. The van der Waals surface area contributed by atoms with Gasteiger partial charge in [-0.3, -0.25) is 0 Å². The SMILES string of the molecule is CC1CC(C)CC(C#N)(Nc2ccc(OC(F)(F)F)c(Cl)c2)C1. The Morgan fingerprint density at radius 1 is 1.30 bits per heavy atom. The van der Waals surface area contributed by atoms with Gasteiger partial charge in [-0.05, 0) is 49.3 Å². The Balaban J connectivity index is 2.19. The van der Waals surface area contributed by atoms with E-state index < -0.39 is 17.7 Å². The summed E-state index contributed by atoms with van der Waals surface area (Å²) in [4.78, 5) is 0. The van der Waals surface area contributed by atoms with Gasteiger partial charge in [0.25, 0.3) is 0 Å². The Hall–Kier alpha value is -1.61. The topological polar surface area (TPSA) is 45.0 Å². The van der Waals surface area contributed by atoms with Crippen molar-refractivity contribution in [1.29, 1.82) is 5.26 Å². The number of hydrogen-bond donors (Lipinski definition) is 1. The van der Waals surface area contributed by atoms with Crippen LogP contribution in [0, 0.1) is 23.2 Å². The van der Waals surface area contributed by atoms with Gasteiger partial charge in [-0.25, -0.2) is 0 Å². The third-order valence-corrected chi connectivity index (χ3v) is 4.25. The number of rotatable bonds is 3. The maximum Gasteiger partial charge on any atom is 0.573 e. The molecule has 2 rings (SSSR count). The number of nitrogens with one attached hydrogen (secondary N) is 1. The van der Waals surface area contributed by atoms with E-state index >= 15 is 0 Å². The maximum absolute atomic E-state index is 12.3. The molecule has 0 bridgehead atoms. The largest absolute Gasteiger partial charge is 0.573 e. The maximum atomic E-state index is 12.3. The summed E-state index contributed by atoms with van der Waals surface area (Å²) in [6.45, 7) is 4.19. The van der Waals surface area contributed by atoms with E-state index in [1.807, 2.05) is 0 Å². The molecular weight excluding hydrogens is 329 g/mol. The van der Waals surface area contributed by atoms with Crippen molar-refractivity contribution in [3.8, 4) is 11.8 Å². The van der Waals surface area contributed by atoms with Crippen molar-refractivity contribution in [2.24, 2.45) is 11.8 Å². The van der Waals surface area contributed by atoms with Crippen LogP contribution in [0.25, 0.3) is 0 Å². The summed E-state index contributed by atoms with van der Waals surface area (Å²) in [5.41, 5.74) is -0.223. The molecule has 0 radical (unpaired) electrons. The van der Waals surface area contributed by atoms with Gasteiger partial charge in [-0.15, -0.1) is 13.2 Å². The zero-order valence-corrected chi connectivity index (χ0v) is 13.6. The van der Waals surface area contributed by atoms with E-state index in [0.717, 1.165) is 12.5 Å². The number of alkyl halides is 3. The second-order valence-electron chi connectivity index (χ2n) is 6.37. The molecule has 1 N–H and O–H groups in total. The molecule has 3 nitrogen and oxygen atoms in total. The van der Waals surface area contributed by atoms with Crippen LogP contribution in [0.2, 0.25) is 5.02 Å². The minimum absolute atomic E-state index is 0.155. The molecule has 23 heavy (non-hydrogen) atoms. The van der Waals surface area contributed by atoms with E-state index in [1.165, 1.54) is 12.1 Å². The molecule has 0 amide bonds. The normalized spacial score (nSPS) is 28.0. The minimum atomic E-state index is -4.79. The summed E-state index contributed by atoms with van der Waals surface area (Å²) in [7, 11) is 0. The number of nitrogens with zero attached hydrogens (tertiary/aromatic N) is 1. The van der Waals surface area contributed by atoms with Crippen molar-refractivity contribution in [1.82, 2.24) is 0 Å². The molecule has 1 saturated carbocycles. The quantitative estimate of drug-likeness (QED) is 0.800. The third kappa shape index (κ3) is 4.68. The minimum Gasteiger partial charge on any atom is -0.404 e. The van der Waals surface area contributed by atoms with Gasteiger partial charge in [-0.1, -0.05) is 25.4 Å². The van der Waals surface area contributed by atoms with Crippen LogP contribution >= 0.6 is 11.6 Å². The Bertz CT molecular complexity index is 602. The molecule has 1 aliphatic rings. The van der Waals surface area contributed by atoms with Crippen LogP contribution in [-0.2, 0) is 0 Å². The number of ether oxygens (including phenoxy) is 1. The average Bonchev–Trinajstić information content (AvgIpc) is 2.39. The zero-order valence-electron chi connectivity index (χ0n) is 12.9. The number of halogens is 4. The van der Waals surface area contributed by atoms with Gasteiger partial charge in [0.15, 0.2) is 0 Å². The molecule has 2 atom stereocenters. The smallest absolute Gasteiger partial charge is 0.404 e. The highest BCUT2D eigenvalue weighted by atomic mass is 35.5. The third-order valence-electron chi connectivity index (χ3n) is 3.95. The molecule has 0 saturated heterocycles. The van der Waals surface area contributed by atoms with Gasteiger partial charge >= 0.3 is 6.36 Å². The van der Waals surface area contributed by atoms with Crippen LogP contribution < -0.4 is 10.1 Å². The lowest BCUT2D eigenvalue weighted by atomic mass is 9.72. The van der Waals surface area contributed by atoms with Crippen molar-refractivity contribution in [3.05, 3.63) is 23.2 Å². The average molecular weight is 347 g/mol. The van der Waals surface area contributed by atoms with Gasteiger partial charge in [0.1, 0.15) is 11.3 Å². The number of nitriles is 1. The van der Waals surface area contributed by atoms with Crippen LogP contribution in [0.15, 0.2) is 18.2 Å². The summed E-state index contributed by atoms with van der Waals surface area (Å²) in [6, 6.07) is 6.28. The van der Waals surface area contributed by atoms with E-state index in [9.17, 15) is 18.4 Å². The lowest BCUT2D eigenvalue weighted by molar-refractivity contribution is -0.274. The highest BCUT2D eigenvalue weighted by Gasteiger charge is 2.38. The first kappa shape index (κ1) is 17.7. The first-order valence-corrected chi connectivity index (χ1v) is 7.75. The second-order valence-corrected chi connectivity index (χ2v) is 6.77. The molecule has 0 aromatic heterocycles. The molecule has 1 aromatic carbocycles. The van der Waals surface area contributed by atoms with E-state index in [-0.39, 0.29) is 5.02 Å². The molecule has 1 fully saturated rings. The highest BCUT2D eigenvalue weighted by molar-refractivity contribution is 6.32. The predicted octanol–water partition coefficient (Wildman–Crippen LogP) is 5.37. The molecule has 0 aliphatic heterocycles. The lowest BCUT2D eigenvalue weighted by Crippen LogP contribution is -2.43. The number of hydrogen-bond acceptors (Lipinski definition) is 3. The first-order chi connectivity index (χ1) is 10.6. The summed E-state index contributed by atoms with van der Waals surface area (Å²) in [6.07, 6.45) is -2.36. The monoisotopic (exact) mass is 346 g/mol. The molecule has 2 unspecified atom stereocenters. The standard InChI is InChI=1S/C16H18ClF3N2O/c1-10-5-11(2)8-15(7-10,9-21)22-12-3-4-14(13(17)6-12)23-16(18,19)20/h3-4,6,10-11,22H,5,7-8H2,1-2H3. The van der Waals surface area contributed by atoms with Crippen molar-refractivity contribution >= 4 is 17.3 Å². The Morgan fingerprint density at radius 3 is 2.39 bits per heavy atom. The van der Waals surface area contributed by atoms with E-state index in [2.05, 4.69) is 30.0 Å². The van der Waals surface area contributed by atoms with Gasteiger partial charge in [0.2, 0.25) is 0 Å². The first-order valence-electron chi connectivity index (χ1n) is 7.37. The fourth-order valence-corrected chi connectivity index (χ4v) is 3.63. The molecule has 7 heteroatoms. The number of benzene rings is 1. The molecule has 126 valence electrons.